The Labute approximate surface area is 184 Å². The zero-order valence-electron chi connectivity index (χ0n) is 15.4. The molecule has 0 radical (unpaired) electrons. The Bertz CT molecular complexity index is 1200. The summed E-state index contributed by atoms with van der Waals surface area (Å²) in [6.07, 6.45) is 0. The van der Waals surface area contributed by atoms with Crippen LogP contribution in [0, 0.1) is 11.6 Å². The first-order chi connectivity index (χ1) is 14.5. The predicted octanol–water partition coefficient (Wildman–Crippen LogP) is 5.95. The molecule has 0 saturated carbocycles. The molecule has 30 heavy (non-hydrogen) atoms. The lowest BCUT2D eigenvalue weighted by Crippen LogP contribution is -2.06. The van der Waals surface area contributed by atoms with Crippen LogP contribution in [0.3, 0.4) is 0 Å². The van der Waals surface area contributed by atoms with Crippen LogP contribution in [0.4, 0.5) is 8.78 Å². The maximum absolute atomic E-state index is 14.6. The highest BCUT2D eigenvalue weighted by Gasteiger charge is 2.20. The number of nitrogens with zero attached hydrogens (tertiary/aromatic N) is 3. The van der Waals surface area contributed by atoms with Gasteiger partial charge in [-0.25, -0.2) is 8.78 Å². The molecule has 3 aromatic carbocycles. The molecule has 1 heterocycles. The highest BCUT2D eigenvalue weighted by atomic mass is 79.9. The SMILES string of the molecule is O=C(CSc1nnc(-c2ccccc2)n1-c1ccc(F)cc1F)c1ccc(Br)cc1. The van der Waals surface area contributed by atoms with Crippen molar-refractivity contribution in [1.29, 1.82) is 0 Å². The molecule has 0 saturated heterocycles. The van der Waals surface area contributed by atoms with Gasteiger partial charge in [0.25, 0.3) is 0 Å². The number of Topliss-reactive ketones (excluding diaryl/α,β-unsaturated/α-hetero) is 1. The Balaban J connectivity index is 1.70. The molecule has 0 N–H and O–H groups in total. The van der Waals surface area contributed by atoms with E-state index in [1.165, 1.54) is 16.7 Å². The lowest BCUT2D eigenvalue weighted by molar-refractivity contribution is 0.102. The van der Waals surface area contributed by atoms with Gasteiger partial charge < -0.3 is 0 Å². The highest BCUT2D eigenvalue weighted by Crippen LogP contribution is 2.30. The molecule has 0 spiro atoms. The van der Waals surface area contributed by atoms with E-state index in [9.17, 15) is 13.6 Å². The van der Waals surface area contributed by atoms with E-state index in [4.69, 9.17) is 0 Å². The van der Waals surface area contributed by atoms with Crippen LogP contribution in [0.2, 0.25) is 0 Å². The zero-order chi connectivity index (χ0) is 21.1. The number of thioether (sulfide) groups is 1. The van der Waals surface area contributed by atoms with Crippen LogP contribution in [0.15, 0.2) is 82.4 Å². The fraction of sp³-hybridized carbons (Fsp3) is 0.0455. The lowest BCUT2D eigenvalue weighted by Gasteiger charge is -2.11. The van der Waals surface area contributed by atoms with Crippen LogP contribution >= 0.6 is 27.7 Å². The van der Waals surface area contributed by atoms with Gasteiger partial charge in [-0.3, -0.25) is 9.36 Å². The Morgan fingerprint density at radius 3 is 2.40 bits per heavy atom. The third-order valence-corrected chi connectivity index (χ3v) is 5.77. The smallest absolute Gasteiger partial charge is 0.196 e. The fourth-order valence-corrected chi connectivity index (χ4v) is 3.97. The maximum Gasteiger partial charge on any atom is 0.196 e. The molecule has 150 valence electrons. The quantitative estimate of drug-likeness (QED) is 0.250. The molecule has 0 amide bonds. The van der Waals surface area contributed by atoms with E-state index in [1.54, 1.807) is 24.3 Å². The Morgan fingerprint density at radius 2 is 1.70 bits per heavy atom. The standard InChI is InChI=1S/C22H14BrF2N3OS/c23-16-8-6-14(7-9-16)20(29)13-30-22-27-26-21(15-4-2-1-3-5-15)28(22)19-11-10-17(24)12-18(19)25/h1-12H,13H2. The number of rotatable bonds is 6. The van der Waals surface area contributed by atoms with E-state index in [2.05, 4.69) is 26.1 Å². The third-order valence-electron chi connectivity index (χ3n) is 4.31. The molecule has 4 nitrogen and oxygen atoms in total. The van der Waals surface area contributed by atoms with Gasteiger partial charge in [0.1, 0.15) is 11.6 Å². The average Bonchev–Trinajstić information content (AvgIpc) is 3.17. The van der Waals surface area contributed by atoms with Crippen molar-refractivity contribution in [3.8, 4) is 17.1 Å². The normalized spacial score (nSPS) is 10.9. The number of halogens is 3. The van der Waals surface area contributed by atoms with E-state index >= 15 is 0 Å². The topological polar surface area (TPSA) is 47.8 Å². The second-order valence-electron chi connectivity index (χ2n) is 6.32. The summed E-state index contributed by atoms with van der Waals surface area (Å²) >= 11 is 4.49. The minimum atomic E-state index is -0.743. The van der Waals surface area contributed by atoms with Crippen molar-refractivity contribution in [3.05, 3.63) is 94.5 Å². The first-order valence-electron chi connectivity index (χ1n) is 8.91. The molecule has 0 atom stereocenters. The van der Waals surface area contributed by atoms with E-state index in [0.29, 0.717) is 16.5 Å². The van der Waals surface area contributed by atoms with Gasteiger partial charge in [0.2, 0.25) is 0 Å². The van der Waals surface area contributed by atoms with Gasteiger partial charge in [0.15, 0.2) is 16.8 Å². The van der Waals surface area contributed by atoms with Crippen molar-refractivity contribution < 1.29 is 13.6 Å². The van der Waals surface area contributed by atoms with E-state index in [0.717, 1.165) is 27.9 Å². The zero-order valence-corrected chi connectivity index (χ0v) is 17.8. The van der Waals surface area contributed by atoms with Crippen molar-refractivity contribution in [2.24, 2.45) is 0 Å². The molecule has 0 fully saturated rings. The fourth-order valence-electron chi connectivity index (χ4n) is 2.87. The van der Waals surface area contributed by atoms with Crippen LogP contribution in [0.5, 0.6) is 0 Å². The first-order valence-corrected chi connectivity index (χ1v) is 10.7. The summed E-state index contributed by atoms with van der Waals surface area (Å²) in [5.74, 6) is -1.02. The molecule has 0 aliphatic heterocycles. The van der Waals surface area contributed by atoms with Crippen molar-refractivity contribution in [3.63, 3.8) is 0 Å². The summed E-state index contributed by atoms with van der Waals surface area (Å²) in [5, 5.41) is 8.71. The number of hydrogen-bond acceptors (Lipinski definition) is 4. The van der Waals surface area contributed by atoms with E-state index < -0.39 is 11.6 Å². The Morgan fingerprint density at radius 1 is 0.967 bits per heavy atom. The number of carbonyl (C=O) groups is 1. The molecule has 0 aliphatic rings. The average molecular weight is 486 g/mol. The van der Waals surface area contributed by atoms with E-state index in [1.807, 2.05) is 30.3 Å². The lowest BCUT2D eigenvalue weighted by atomic mass is 10.2. The van der Waals surface area contributed by atoms with Crippen molar-refractivity contribution >= 4 is 33.5 Å². The first kappa shape index (κ1) is 20.4. The summed E-state index contributed by atoms with van der Waals surface area (Å²) in [4.78, 5) is 12.5. The molecule has 0 unspecified atom stereocenters. The van der Waals surface area contributed by atoms with Crippen molar-refractivity contribution in [2.45, 2.75) is 5.16 Å². The van der Waals surface area contributed by atoms with Gasteiger partial charge in [-0.05, 0) is 24.3 Å². The number of carbonyl (C=O) groups excluding carboxylic acids is 1. The summed E-state index contributed by atoms with van der Waals surface area (Å²) in [6.45, 7) is 0. The van der Waals surface area contributed by atoms with Crippen LogP contribution in [-0.2, 0) is 0 Å². The minimum Gasteiger partial charge on any atom is -0.293 e. The molecule has 4 aromatic rings. The van der Waals surface area contributed by atoms with Crippen molar-refractivity contribution in [2.75, 3.05) is 5.75 Å². The molecular formula is C22H14BrF2N3OS. The van der Waals surface area contributed by atoms with Crippen molar-refractivity contribution in [1.82, 2.24) is 14.8 Å². The van der Waals surface area contributed by atoms with E-state index in [-0.39, 0.29) is 17.2 Å². The summed E-state index contributed by atoms with van der Waals surface area (Å²) in [5.41, 5.74) is 1.40. The molecule has 8 heteroatoms. The van der Waals surface area contributed by atoms with Crippen LogP contribution in [0.1, 0.15) is 10.4 Å². The molecule has 1 aromatic heterocycles. The Hall–Kier alpha value is -2.84. The predicted molar refractivity (Wildman–Crippen MR) is 116 cm³/mol. The molecule has 0 aliphatic carbocycles. The van der Waals surface area contributed by atoms with Gasteiger partial charge in [-0.15, -0.1) is 10.2 Å². The molecule has 0 bridgehead atoms. The second kappa shape index (κ2) is 8.89. The van der Waals surface area contributed by atoms with Gasteiger partial charge in [-0.2, -0.15) is 0 Å². The van der Waals surface area contributed by atoms with Crippen LogP contribution in [0.25, 0.3) is 17.1 Å². The number of benzene rings is 3. The molecular weight excluding hydrogens is 472 g/mol. The largest absolute Gasteiger partial charge is 0.293 e. The van der Waals surface area contributed by atoms with Gasteiger partial charge in [-0.1, -0.05) is 70.2 Å². The monoisotopic (exact) mass is 485 g/mol. The summed E-state index contributed by atoms with van der Waals surface area (Å²) in [7, 11) is 0. The third kappa shape index (κ3) is 4.34. The number of ketones is 1. The molecule has 4 rings (SSSR count). The minimum absolute atomic E-state index is 0.0945. The van der Waals surface area contributed by atoms with Gasteiger partial charge in [0.05, 0.1) is 11.4 Å². The van der Waals surface area contributed by atoms with Gasteiger partial charge >= 0.3 is 0 Å². The Kier molecular flexibility index (Phi) is 6.06. The van der Waals surface area contributed by atoms with Gasteiger partial charge in [0, 0.05) is 21.7 Å². The highest BCUT2D eigenvalue weighted by molar-refractivity contribution is 9.10. The number of hydrogen-bond donors (Lipinski definition) is 0. The maximum atomic E-state index is 14.6. The number of aromatic nitrogens is 3. The summed E-state index contributed by atoms with van der Waals surface area (Å²) < 4.78 is 30.4. The second-order valence-corrected chi connectivity index (χ2v) is 8.18. The summed E-state index contributed by atoms with van der Waals surface area (Å²) in [6, 6.07) is 19.5. The van der Waals surface area contributed by atoms with Crippen LogP contribution in [-0.4, -0.2) is 26.3 Å². The van der Waals surface area contributed by atoms with Crippen LogP contribution < -0.4 is 0 Å².